The molecule has 1 aliphatic carbocycles. The van der Waals surface area contributed by atoms with Gasteiger partial charge in [0, 0.05) is 6.04 Å². The number of rotatable bonds is 2. The lowest BCUT2D eigenvalue weighted by atomic mass is 9.98. The lowest BCUT2D eigenvalue weighted by Gasteiger charge is -2.18. The van der Waals surface area contributed by atoms with E-state index in [0.29, 0.717) is 0 Å². The van der Waals surface area contributed by atoms with Gasteiger partial charge >= 0.3 is 0 Å². The van der Waals surface area contributed by atoms with Crippen LogP contribution >= 0.6 is 0 Å². The standard InChI is InChI=1S/C14H29N/c1-2-15-14-12-10-8-6-4-3-5-7-9-11-13-14/h14-15H,2-13H2,1H3. The lowest BCUT2D eigenvalue weighted by molar-refractivity contribution is 0.411. The summed E-state index contributed by atoms with van der Waals surface area (Å²) in [6.45, 7) is 3.38. The summed E-state index contributed by atoms with van der Waals surface area (Å²) in [5, 5.41) is 3.64. The van der Waals surface area contributed by atoms with Crippen molar-refractivity contribution in [3.05, 3.63) is 0 Å². The zero-order chi connectivity index (χ0) is 10.8. The van der Waals surface area contributed by atoms with Gasteiger partial charge in [-0.25, -0.2) is 0 Å². The van der Waals surface area contributed by atoms with Crippen molar-refractivity contribution < 1.29 is 0 Å². The van der Waals surface area contributed by atoms with Crippen LogP contribution in [-0.2, 0) is 0 Å². The molecule has 0 radical (unpaired) electrons. The molecule has 0 saturated heterocycles. The summed E-state index contributed by atoms with van der Waals surface area (Å²) in [7, 11) is 0. The summed E-state index contributed by atoms with van der Waals surface area (Å²) in [5.41, 5.74) is 0. The molecule has 1 nitrogen and oxygen atoms in total. The summed E-state index contributed by atoms with van der Waals surface area (Å²) in [5.74, 6) is 0. The SMILES string of the molecule is CCNC1CCCCCCCCCCC1. The van der Waals surface area contributed by atoms with Gasteiger partial charge in [0.1, 0.15) is 0 Å². The zero-order valence-electron chi connectivity index (χ0n) is 10.6. The van der Waals surface area contributed by atoms with Gasteiger partial charge in [0.05, 0.1) is 0 Å². The van der Waals surface area contributed by atoms with Crippen molar-refractivity contribution in [2.75, 3.05) is 6.54 Å². The van der Waals surface area contributed by atoms with Crippen molar-refractivity contribution in [1.29, 1.82) is 0 Å². The molecule has 1 saturated carbocycles. The first-order valence-electron chi connectivity index (χ1n) is 7.17. The van der Waals surface area contributed by atoms with E-state index in [1.807, 2.05) is 0 Å². The Bertz CT molecular complexity index is 121. The fraction of sp³-hybridized carbons (Fsp3) is 1.00. The smallest absolute Gasteiger partial charge is 0.00669 e. The molecule has 0 amide bonds. The van der Waals surface area contributed by atoms with E-state index in [2.05, 4.69) is 12.2 Å². The number of hydrogen-bond donors (Lipinski definition) is 1. The molecule has 0 aromatic rings. The van der Waals surface area contributed by atoms with Crippen LogP contribution in [0.3, 0.4) is 0 Å². The normalized spacial score (nSPS) is 23.0. The maximum atomic E-state index is 3.64. The summed E-state index contributed by atoms with van der Waals surface area (Å²) in [4.78, 5) is 0. The fourth-order valence-electron chi connectivity index (χ4n) is 2.66. The largest absolute Gasteiger partial charge is 0.314 e. The highest BCUT2D eigenvalue weighted by Crippen LogP contribution is 2.16. The third-order valence-corrected chi connectivity index (χ3v) is 3.60. The average molecular weight is 211 g/mol. The molecule has 0 aromatic heterocycles. The van der Waals surface area contributed by atoms with Crippen LogP contribution < -0.4 is 5.32 Å². The van der Waals surface area contributed by atoms with Crippen LogP contribution in [0.15, 0.2) is 0 Å². The Labute approximate surface area is 96.0 Å². The minimum Gasteiger partial charge on any atom is -0.314 e. The predicted octanol–water partition coefficient (Wildman–Crippen LogP) is 4.27. The first-order valence-corrected chi connectivity index (χ1v) is 7.17. The monoisotopic (exact) mass is 211 g/mol. The molecule has 0 aliphatic heterocycles. The average Bonchev–Trinajstić information content (AvgIpc) is 2.22. The molecule has 1 N–H and O–H groups in total. The topological polar surface area (TPSA) is 12.0 Å². The van der Waals surface area contributed by atoms with Gasteiger partial charge in [0.2, 0.25) is 0 Å². The molecule has 1 fully saturated rings. The van der Waals surface area contributed by atoms with Crippen LogP contribution in [0.4, 0.5) is 0 Å². The molecule has 0 aromatic carbocycles. The molecule has 90 valence electrons. The predicted molar refractivity (Wildman–Crippen MR) is 68.3 cm³/mol. The van der Waals surface area contributed by atoms with E-state index >= 15 is 0 Å². The van der Waals surface area contributed by atoms with Crippen LogP contribution in [0.5, 0.6) is 0 Å². The van der Waals surface area contributed by atoms with Gasteiger partial charge < -0.3 is 5.32 Å². The van der Waals surface area contributed by atoms with Gasteiger partial charge in [-0.3, -0.25) is 0 Å². The number of nitrogens with one attached hydrogen (secondary N) is 1. The van der Waals surface area contributed by atoms with Crippen LogP contribution in [0, 0.1) is 0 Å². The Kier molecular flexibility index (Phi) is 7.99. The first kappa shape index (κ1) is 13.0. The Hall–Kier alpha value is -0.0400. The van der Waals surface area contributed by atoms with E-state index in [4.69, 9.17) is 0 Å². The Balaban J connectivity index is 2.19. The van der Waals surface area contributed by atoms with Crippen molar-refractivity contribution in [1.82, 2.24) is 5.32 Å². The molecule has 0 atom stereocenters. The van der Waals surface area contributed by atoms with E-state index in [1.165, 1.54) is 70.6 Å². The minimum absolute atomic E-state index is 0.814. The summed E-state index contributed by atoms with van der Waals surface area (Å²) >= 11 is 0. The van der Waals surface area contributed by atoms with E-state index in [1.54, 1.807) is 0 Å². The van der Waals surface area contributed by atoms with Crippen molar-refractivity contribution in [3.63, 3.8) is 0 Å². The minimum atomic E-state index is 0.814. The van der Waals surface area contributed by atoms with Crippen molar-refractivity contribution in [2.24, 2.45) is 0 Å². The third-order valence-electron chi connectivity index (χ3n) is 3.60. The summed E-state index contributed by atoms with van der Waals surface area (Å²) < 4.78 is 0. The van der Waals surface area contributed by atoms with Gasteiger partial charge in [-0.1, -0.05) is 64.7 Å². The molecule has 0 heterocycles. The molecule has 1 aliphatic rings. The van der Waals surface area contributed by atoms with Crippen LogP contribution in [0.2, 0.25) is 0 Å². The molecule has 1 heteroatoms. The van der Waals surface area contributed by atoms with Crippen molar-refractivity contribution >= 4 is 0 Å². The highest BCUT2D eigenvalue weighted by atomic mass is 14.9. The van der Waals surface area contributed by atoms with Crippen molar-refractivity contribution in [2.45, 2.75) is 83.6 Å². The van der Waals surface area contributed by atoms with Gasteiger partial charge in [-0.2, -0.15) is 0 Å². The number of hydrogen-bond acceptors (Lipinski definition) is 1. The Morgan fingerprint density at radius 1 is 0.733 bits per heavy atom. The van der Waals surface area contributed by atoms with Crippen LogP contribution in [0.25, 0.3) is 0 Å². The van der Waals surface area contributed by atoms with E-state index in [-0.39, 0.29) is 0 Å². The second-order valence-corrected chi connectivity index (χ2v) is 5.01. The Morgan fingerprint density at radius 2 is 1.13 bits per heavy atom. The third kappa shape index (κ3) is 6.94. The van der Waals surface area contributed by atoms with Gasteiger partial charge in [-0.05, 0) is 19.4 Å². The highest BCUT2D eigenvalue weighted by molar-refractivity contribution is 4.67. The molecule has 0 unspecified atom stereocenters. The van der Waals surface area contributed by atoms with Crippen molar-refractivity contribution in [3.8, 4) is 0 Å². The second-order valence-electron chi connectivity index (χ2n) is 5.01. The molecule has 0 spiro atoms. The highest BCUT2D eigenvalue weighted by Gasteiger charge is 2.07. The van der Waals surface area contributed by atoms with Crippen LogP contribution in [-0.4, -0.2) is 12.6 Å². The second kappa shape index (κ2) is 9.21. The van der Waals surface area contributed by atoms with Gasteiger partial charge in [0.15, 0.2) is 0 Å². The van der Waals surface area contributed by atoms with E-state index < -0.39 is 0 Å². The lowest BCUT2D eigenvalue weighted by Crippen LogP contribution is -2.28. The Morgan fingerprint density at radius 3 is 1.53 bits per heavy atom. The zero-order valence-corrected chi connectivity index (χ0v) is 10.6. The maximum absolute atomic E-state index is 3.64. The van der Waals surface area contributed by atoms with E-state index in [9.17, 15) is 0 Å². The quantitative estimate of drug-likeness (QED) is 0.719. The van der Waals surface area contributed by atoms with Gasteiger partial charge in [0.25, 0.3) is 0 Å². The fourth-order valence-corrected chi connectivity index (χ4v) is 2.66. The molecule has 15 heavy (non-hydrogen) atoms. The maximum Gasteiger partial charge on any atom is 0.00669 e. The van der Waals surface area contributed by atoms with Gasteiger partial charge in [-0.15, -0.1) is 0 Å². The molecule has 1 rings (SSSR count). The van der Waals surface area contributed by atoms with Crippen LogP contribution in [0.1, 0.15) is 77.6 Å². The molecular weight excluding hydrogens is 182 g/mol. The van der Waals surface area contributed by atoms with E-state index in [0.717, 1.165) is 12.6 Å². The summed E-state index contributed by atoms with van der Waals surface area (Å²) in [6.07, 6.45) is 16.0. The summed E-state index contributed by atoms with van der Waals surface area (Å²) in [6, 6.07) is 0.814. The molecular formula is C14H29N. The first-order chi connectivity index (χ1) is 7.43. The molecule has 0 bridgehead atoms.